The van der Waals surface area contributed by atoms with E-state index in [9.17, 15) is 18.8 Å². The molecule has 0 bridgehead atoms. The Morgan fingerprint density at radius 2 is 1.91 bits per heavy atom. The molecule has 2 aromatic carbocycles. The maximum atomic E-state index is 13.1. The van der Waals surface area contributed by atoms with Gasteiger partial charge in [-0.1, -0.05) is 23.9 Å². The van der Waals surface area contributed by atoms with Crippen molar-refractivity contribution in [2.45, 2.75) is 23.2 Å². The summed E-state index contributed by atoms with van der Waals surface area (Å²) in [5, 5.41) is 5.59. The average Bonchev–Trinajstić information content (AvgIpc) is 2.78. The number of H-pyrrole nitrogens is 1. The van der Waals surface area contributed by atoms with Gasteiger partial charge in [-0.25, -0.2) is 9.37 Å². The number of anilines is 2. The van der Waals surface area contributed by atoms with Gasteiger partial charge >= 0.3 is 0 Å². The summed E-state index contributed by atoms with van der Waals surface area (Å²) in [7, 11) is 1.54. The van der Waals surface area contributed by atoms with E-state index in [1.54, 1.807) is 36.4 Å². The zero-order chi connectivity index (χ0) is 22.7. The second-order valence-electron chi connectivity index (χ2n) is 7.07. The van der Waals surface area contributed by atoms with E-state index in [4.69, 9.17) is 4.74 Å². The second kappa shape index (κ2) is 9.23. The van der Waals surface area contributed by atoms with Gasteiger partial charge in [0, 0.05) is 17.9 Å². The number of carbonyl (C=O) groups excluding carboxylic acids is 2. The summed E-state index contributed by atoms with van der Waals surface area (Å²) in [6.07, 6.45) is -0.165. The fourth-order valence-corrected chi connectivity index (χ4v) is 4.10. The van der Waals surface area contributed by atoms with Crippen molar-refractivity contribution in [2.75, 3.05) is 17.7 Å². The number of methoxy groups -OCH3 is 1. The zero-order valence-corrected chi connectivity index (χ0v) is 17.8. The van der Waals surface area contributed by atoms with Crippen LogP contribution in [0.4, 0.5) is 15.9 Å². The highest BCUT2D eigenvalue weighted by Crippen LogP contribution is 2.31. The third-order valence-electron chi connectivity index (χ3n) is 4.89. The molecule has 32 heavy (non-hydrogen) atoms. The zero-order valence-electron chi connectivity index (χ0n) is 17.0. The summed E-state index contributed by atoms with van der Waals surface area (Å²) in [6, 6.07) is 12.7. The second-order valence-corrected chi connectivity index (χ2v) is 8.04. The number of fused-ring (bicyclic) bond motifs is 1. The first-order valence-electron chi connectivity index (χ1n) is 9.69. The number of hydrogen-bond acceptors (Lipinski definition) is 6. The Labute approximate surface area is 186 Å². The molecular weight excluding hydrogens is 435 g/mol. The normalized spacial score (nSPS) is 14.9. The number of rotatable bonds is 6. The van der Waals surface area contributed by atoms with Crippen LogP contribution in [0.2, 0.25) is 0 Å². The molecule has 4 rings (SSSR count). The molecule has 1 atom stereocenters. The molecule has 1 unspecified atom stereocenters. The Balaban J connectivity index is 1.54. The number of nitrogens with one attached hydrogen (secondary N) is 3. The summed E-state index contributed by atoms with van der Waals surface area (Å²) in [4.78, 5) is 44.9. The van der Waals surface area contributed by atoms with Gasteiger partial charge in [0.15, 0.2) is 5.16 Å². The minimum atomic E-state index is -0.978. The molecule has 8 nitrogen and oxygen atoms in total. The molecule has 1 aromatic heterocycles. The van der Waals surface area contributed by atoms with Crippen molar-refractivity contribution in [3.63, 3.8) is 0 Å². The first-order chi connectivity index (χ1) is 15.4. The maximum absolute atomic E-state index is 13.1. The highest BCUT2D eigenvalue weighted by molar-refractivity contribution is 7.98. The molecule has 164 valence electrons. The number of nitrogens with zero attached hydrogens (tertiary/aromatic N) is 1. The van der Waals surface area contributed by atoms with Gasteiger partial charge in [-0.2, -0.15) is 0 Å². The summed E-state index contributed by atoms with van der Waals surface area (Å²) in [5.74, 6) is -1.05. The number of halogens is 1. The molecule has 1 aliphatic rings. The third-order valence-corrected chi connectivity index (χ3v) is 5.84. The molecule has 0 spiro atoms. The fraction of sp³-hybridized carbons (Fsp3) is 0.182. The Morgan fingerprint density at radius 1 is 1.19 bits per heavy atom. The molecule has 3 aromatic rings. The van der Waals surface area contributed by atoms with E-state index in [-0.39, 0.29) is 28.8 Å². The van der Waals surface area contributed by atoms with E-state index < -0.39 is 23.3 Å². The van der Waals surface area contributed by atoms with Crippen LogP contribution >= 0.6 is 11.8 Å². The fourth-order valence-electron chi connectivity index (χ4n) is 3.28. The van der Waals surface area contributed by atoms with Gasteiger partial charge in [0.2, 0.25) is 11.8 Å². The Hall–Kier alpha value is -3.66. The predicted molar refractivity (Wildman–Crippen MR) is 118 cm³/mol. The number of ether oxygens (including phenoxy) is 1. The number of aromatic nitrogens is 2. The van der Waals surface area contributed by atoms with Crippen molar-refractivity contribution in [1.82, 2.24) is 9.97 Å². The van der Waals surface area contributed by atoms with E-state index in [1.807, 2.05) is 0 Å². The van der Waals surface area contributed by atoms with Gasteiger partial charge in [0.25, 0.3) is 5.56 Å². The van der Waals surface area contributed by atoms with E-state index in [0.717, 1.165) is 5.56 Å². The lowest BCUT2D eigenvalue weighted by Crippen LogP contribution is -2.36. The van der Waals surface area contributed by atoms with Crippen LogP contribution in [0.15, 0.2) is 58.5 Å². The van der Waals surface area contributed by atoms with Crippen molar-refractivity contribution in [3.05, 3.63) is 75.8 Å². The maximum Gasteiger partial charge on any atom is 0.257 e. The van der Waals surface area contributed by atoms with Crippen LogP contribution < -0.4 is 20.9 Å². The number of thioether (sulfide) groups is 1. The highest BCUT2D eigenvalue weighted by atomic mass is 32.2. The minimum absolute atomic E-state index is 0.0708. The lowest BCUT2D eigenvalue weighted by molar-refractivity contribution is -0.123. The van der Waals surface area contributed by atoms with Crippen molar-refractivity contribution >= 4 is 35.1 Å². The molecule has 0 saturated carbocycles. The summed E-state index contributed by atoms with van der Waals surface area (Å²) in [5.41, 5.74) is 0.977. The summed E-state index contributed by atoms with van der Waals surface area (Å²) < 4.78 is 18.1. The van der Waals surface area contributed by atoms with Crippen molar-refractivity contribution in [2.24, 2.45) is 0 Å². The number of aromatic amines is 1. The van der Waals surface area contributed by atoms with Gasteiger partial charge in [0.05, 0.1) is 18.6 Å². The molecule has 0 radical (unpaired) electrons. The van der Waals surface area contributed by atoms with Crippen LogP contribution in [0.25, 0.3) is 0 Å². The summed E-state index contributed by atoms with van der Waals surface area (Å²) >= 11 is 1.23. The number of carbonyl (C=O) groups is 2. The van der Waals surface area contributed by atoms with Crippen molar-refractivity contribution < 1.29 is 18.7 Å². The Morgan fingerprint density at radius 3 is 2.59 bits per heavy atom. The molecule has 3 N–H and O–H groups in total. The molecule has 1 aliphatic heterocycles. The lowest BCUT2D eigenvalue weighted by Gasteiger charge is -2.23. The smallest absolute Gasteiger partial charge is 0.257 e. The quantitative estimate of drug-likeness (QED) is 0.389. The van der Waals surface area contributed by atoms with Gasteiger partial charge in [0.1, 0.15) is 17.4 Å². The number of benzene rings is 2. The van der Waals surface area contributed by atoms with Crippen LogP contribution in [0.1, 0.15) is 23.5 Å². The van der Waals surface area contributed by atoms with E-state index in [2.05, 4.69) is 20.6 Å². The molecule has 0 aliphatic carbocycles. The van der Waals surface area contributed by atoms with E-state index in [1.165, 1.54) is 31.0 Å². The number of amides is 2. The Bertz CT molecular complexity index is 1210. The predicted octanol–water partition coefficient (Wildman–Crippen LogP) is 3.27. The molecule has 2 heterocycles. The molecule has 10 heteroatoms. The Kier molecular flexibility index (Phi) is 6.22. The first-order valence-corrected chi connectivity index (χ1v) is 10.7. The first kappa shape index (κ1) is 21.6. The van der Waals surface area contributed by atoms with Gasteiger partial charge in [-0.05, 0) is 42.0 Å². The topological polar surface area (TPSA) is 113 Å². The van der Waals surface area contributed by atoms with E-state index in [0.29, 0.717) is 17.2 Å². The summed E-state index contributed by atoms with van der Waals surface area (Å²) in [6.45, 7) is 0. The van der Waals surface area contributed by atoms with Crippen LogP contribution in [0.3, 0.4) is 0 Å². The minimum Gasteiger partial charge on any atom is -0.497 e. The van der Waals surface area contributed by atoms with Crippen molar-refractivity contribution in [1.29, 1.82) is 0 Å². The van der Waals surface area contributed by atoms with Crippen LogP contribution in [0.5, 0.6) is 5.75 Å². The SMILES string of the molecule is COc1ccc(NC(=O)C2CC(=O)Nc3nc(SCc4ccc(F)cc4)[nH]c(=O)c32)cc1. The largest absolute Gasteiger partial charge is 0.497 e. The lowest BCUT2D eigenvalue weighted by atomic mass is 9.92. The van der Waals surface area contributed by atoms with Gasteiger partial charge in [-0.15, -0.1) is 0 Å². The van der Waals surface area contributed by atoms with Crippen molar-refractivity contribution in [3.8, 4) is 5.75 Å². The molecule has 2 amide bonds. The highest BCUT2D eigenvalue weighted by Gasteiger charge is 2.34. The van der Waals surface area contributed by atoms with Crippen LogP contribution in [-0.2, 0) is 15.3 Å². The van der Waals surface area contributed by atoms with Crippen LogP contribution in [-0.4, -0.2) is 28.9 Å². The van der Waals surface area contributed by atoms with Gasteiger partial charge in [-0.3, -0.25) is 14.4 Å². The monoisotopic (exact) mass is 454 g/mol. The average molecular weight is 454 g/mol. The number of hydrogen-bond donors (Lipinski definition) is 3. The molecular formula is C22H19FN4O4S. The molecule has 0 fully saturated rings. The van der Waals surface area contributed by atoms with Gasteiger partial charge < -0.3 is 20.4 Å². The third kappa shape index (κ3) is 4.80. The van der Waals surface area contributed by atoms with E-state index >= 15 is 0 Å². The standard InChI is InChI=1S/C22H19FN4O4S/c1-31-15-8-6-14(7-9-15)24-20(29)16-10-17(28)25-19-18(16)21(30)27-22(26-19)32-11-12-2-4-13(23)5-3-12/h2-9,16H,10-11H2,1H3,(H,24,29)(H2,25,26,27,28,30). The van der Waals surface area contributed by atoms with Crippen LogP contribution in [0, 0.1) is 5.82 Å². The molecule has 0 saturated heterocycles.